The van der Waals surface area contributed by atoms with Crippen molar-refractivity contribution in [2.75, 3.05) is 6.61 Å². The summed E-state index contributed by atoms with van der Waals surface area (Å²) in [6.45, 7) is 8.70. The number of phenols is 1. The molecule has 2 aliphatic rings. The van der Waals surface area contributed by atoms with Crippen LogP contribution < -0.4 is 10.1 Å². The Labute approximate surface area is 199 Å². The maximum absolute atomic E-state index is 13.4. The molecule has 6 heteroatoms. The summed E-state index contributed by atoms with van der Waals surface area (Å²) in [5.74, 6) is -0.362. The molecule has 0 fully saturated rings. The average molecular weight is 468 g/mol. The average Bonchev–Trinajstić information content (AvgIpc) is 2.75. The molecule has 0 bridgehead atoms. The van der Waals surface area contributed by atoms with E-state index in [4.69, 9.17) is 16.3 Å². The van der Waals surface area contributed by atoms with Gasteiger partial charge in [0, 0.05) is 30.0 Å². The van der Waals surface area contributed by atoms with Gasteiger partial charge in [0.15, 0.2) is 17.3 Å². The van der Waals surface area contributed by atoms with Crippen molar-refractivity contribution >= 4 is 23.3 Å². The number of ether oxygens (including phenoxy) is 1. The van der Waals surface area contributed by atoms with Crippen LogP contribution in [0.3, 0.4) is 0 Å². The second-order valence-electron chi connectivity index (χ2n) is 9.88. The summed E-state index contributed by atoms with van der Waals surface area (Å²) in [5, 5.41) is 13.3. The molecule has 0 saturated heterocycles. The Balaban J connectivity index is 1.68. The van der Waals surface area contributed by atoms with Crippen molar-refractivity contribution in [3.05, 3.63) is 69.4 Å². The fraction of sp³-hybridized carbons (Fsp3) is 0.407. The summed E-state index contributed by atoms with van der Waals surface area (Å²) in [6, 6.07) is 11.8. The number of carbonyl (C=O) groups excluding carboxylic acids is 2. The zero-order valence-corrected chi connectivity index (χ0v) is 20.3. The number of aromatic hydroxyl groups is 1. The number of hydrogen-bond donors (Lipinski definition) is 2. The van der Waals surface area contributed by atoms with Crippen LogP contribution in [-0.4, -0.2) is 23.4 Å². The molecule has 0 spiro atoms. The molecule has 0 aromatic heterocycles. The lowest BCUT2D eigenvalue weighted by atomic mass is 9.73. The molecule has 2 N–H and O–H groups in total. The van der Waals surface area contributed by atoms with Gasteiger partial charge < -0.3 is 15.2 Å². The summed E-state index contributed by atoms with van der Waals surface area (Å²) < 4.78 is 5.51. The lowest BCUT2D eigenvalue weighted by molar-refractivity contribution is -0.122. The predicted molar refractivity (Wildman–Crippen MR) is 129 cm³/mol. The van der Waals surface area contributed by atoms with Crippen LogP contribution in [0, 0.1) is 0 Å². The molecule has 1 aliphatic carbocycles. The van der Waals surface area contributed by atoms with E-state index in [0.717, 1.165) is 5.56 Å². The van der Waals surface area contributed by atoms with Crippen LogP contribution in [0.15, 0.2) is 47.7 Å². The Morgan fingerprint density at radius 2 is 1.76 bits per heavy atom. The number of rotatable bonds is 4. The SMILES string of the molecule is CCOc1cc(C2CC(=O)NC3=C2C(=O)CC(c2ccc(C(C)(C)C)cc2)C3)cc(Cl)c1O. The van der Waals surface area contributed by atoms with Gasteiger partial charge in [0.25, 0.3) is 0 Å². The summed E-state index contributed by atoms with van der Waals surface area (Å²) in [4.78, 5) is 26.0. The monoisotopic (exact) mass is 467 g/mol. The Hall–Kier alpha value is -2.79. The van der Waals surface area contributed by atoms with Gasteiger partial charge in [-0.3, -0.25) is 9.59 Å². The number of phenolic OH excluding ortho intramolecular Hbond substituents is 1. The number of amides is 1. The van der Waals surface area contributed by atoms with E-state index in [1.54, 1.807) is 12.1 Å². The quantitative estimate of drug-likeness (QED) is 0.600. The minimum Gasteiger partial charge on any atom is -0.503 e. The maximum atomic E-state index is 13.4. The minimum absolute atomic E-state index is 0.0201. The number of Topliss-reactive ketones (excluding diaryl/α,β-unsaturated/α-hetero) is 1. The van der Waals surface area contributed by atoms with Gasteiger partial charge in [0.05, 0.1) is 11.6 Å². The van der Waals surface area contributed by atoms with Crippen molar-refractivity contribution in [1.82, 2.24) is 5.32 Å². The molecule has 0 radical (unpaired) electrons. The van der Waals surface area contributed by atoms with Crippen molar-refractivity contribution in [3.8, 4) is 11.5 Å². The normalized spacial score (nSPS) is 21.0. The first-order chi connectivity index (χ1) is 15.6. The Bertz CT molecular complexity index is 1130. The van der Waals surface area contributed by atoms with Crippen LogP contribution in [0.2, 0.25) is 5.02 Å². The van der Waals surface area contributed by atoms with E-state index in [1.165, 1.54) is 5.56 Å². The molecule has 4 rings (SSSR count). The van der Waals surface area contributed by atoms with E-state index in [-0.39, 0.29) is 46.0 Å². The fourth-order valence-electron chi connectivity index (χ4n) is 4.80. The molecule has 2 unspecified atom stereocenters. The van der Waals surface area contributed by atoms with Gasteiger partial charge in [0.1, 0.15) is 0 Å². The van der Waals surface area contributed by atoms with Crippen LogP contribution >= 0.6 is 11.6 Å². The van der Waals surface area contributed by atoms with Crippen molar-refractivity contribution in [2.24, 2.45) is 0 Å². The smallest absolute Gasteiger partial charge is 0.225 e. The van der Waals surface area contributed by atoms with Crippen molar-refractivity contribution < 1.29 is 19.4 Å². The van der Waals surface area contributed by atoms with Crippen LogP contribution in [0.25, 0.3) is 0 Å². The lowest BCUT2D eigenvalue weighted by Gasteiger charge is -2.35. The second-order valence-corrected chi connectivity index (χ2v) is 10.3. The predicted octanol–water partition coefficient (Wildman–Crippen LogP) is 5.75. The van der Waals surface area contributed by atoms with Gasteiger partial charge in [-0.25, -0.2) is 0 Å². The number of carbonyl (C=O) groups is 2. The maximum Gasteiger partial charge on any atom is 0.225 e. The minimum atomic E-state index is -0.414. The van der Waals surface area contributed by atoms with Crippen molar-refractivity contribution in [3.63, 3.8) is 0 Å². The highest BCUT2D eigenvalue weighted by Gasteiger charge is 2.38. The summed E-state index contributed by atoms with van der Waals surface area (Å²) in [7, 11) is 0. The van der Waals surface area contributed by atoms with E-state index >= 15 is 0 Å². The third-order valence-electron chi connectivity index (χ3n) is 6.54. The first-order valence-electron chi connectivity index (χ1n) is 11.4. The molecule has 5 nitrogen and oxygen atoms in total. The van der Waals surface area contributed by atoms with Crippen LogP contribution in [0.1, 0.15) is 75.5 Å². The number of ketones is 1. The Kier molecular flexibility index (Phi) is 6.28. The number of halogens is 1. The molecule has 2 aromatic rings. The highest BCUT2D eigenvalue weighted by molar-refractivity contribution is 6.32. The van der Waals surface area contributed by atoms with E-state index < -0.39 is 5.92 Å². The largest absolute Gasteiger partial charge is 0.503 e. The van der Waals surface area contributed by atoms with E-state index in [9.17, 15) is 14.7 Å². The molecule has 1 aliphatic heterocycles. The van der Waals surface area contributed by atoms with Gasteiger partial charge in [0.2, 0.25) is 5.91 Å². The van der Waals surface area contributed by atoms with E-state index in [1.807, 2.05) is 6.92 Å². The van der Waals surface area contributed by atoms with Gasteiger partial charge in [-0.1, -0.05) is 56.6 Å². The lowest BCUT2D eigenvalue weighted by Crippen LogP contribution is -2.38. The molecule has 1 heterocycles. The highest BCUT2D eigenvalue weighted by Crippen LogP contribution is 2.45. The Morgan fingerprint density at radius 1 is 1.06 bits per heavy atom. The van der Waals surface area contributed by atoms with E-state index in [0.29, 0.717) is 36.3 Å². The van der Waals surface area contributed by atoms with E-state index in [2.05, 4.69) is 50.4 Å². The number of benzene rings is 2. The summed E-state index contributed by atoms with van der Waals surface area (Å²) >= 11 is 6.24. The molecular formula is C27H30ClNO4. The van der Waals surface area contributed by atoms with Crippen LogP contribution in [0.4, 0.5) is 0 Å². The molecule has 2 aromatic carbocycles. The Morgan fingerprint density at radius 3 is 2.39 bits per heavy atom. The fourth-order valence-corrected chi connectivity index (χ4v) is 5.02. The molecule has 0 saturated carbocycles. The second kappa shape index (κ2) is 8.86. The van der Waals surface area contributed by atoms with Gasteiger partial charge in [-0.05, 0) is 53.5 Å². The zero-order valence-electron chi connectivity index (χ0n) is 19.5. The van der Waals surface area contributed by atoms with Crippen LogP contribution in [-0.2, 0) is 15.0 Å². The molecule has 33 heavy (non-hydrogen) atoms. The molecule has 2 atom stereocenters. The first-order valence-corrected chi connectivity index (χ1v) is 11.8. The number of nitrogens with one attached hydrogen (secondary N) is 1. The standard InChI is InChI=1S/C27H30ClNO4/c1-5-33-23-13-17(10-20(28)26(23)32)19-14-24(31)29-21-11-16(12-22(30)25(19)21)15-6-8-18(9-7-15)27(2,3)4/h6-10,13,16,19,32H,5,11-12,14H2,1-4H3,(H,29,31). The first kappa shape index (κ1) is 23.4. The van der Waals surface area contributed by atoms with Gasteiger partial charge >= 0.3 is 0 Å². The number of hydrogen-bond acceptors (Lipinski definition) is 4. The molecule has 1 amide bonds. The molecule has 174 valence electrons. The van der Waals surface area contributed by atoms with Crippen LogP contribution in [0.5, 0.6) is 11.5 Å². The van der Waals surface area contributed by atoms with Crippen molar-refractivity contribution in [1.29, 1.82) is 0 Å². The van der Waals surface area contributed by atoms with Gasteiger partial charge in [-0.15, -0.1) is 0 Å². The summed E-state index contributed by atoms with van der Waals surface area (Å²) in [5.41, 5.74) is 4.44. The third kappa shape index (κ3) is 4.65. The zero-order chi connectivity index (χ0) is 23.9. The topological polar surface area (TPSA) is 75.6 Å². The van der Waals surface area contributed by atoms with Crippen molar-refractivity contribution in [2.45, 2.75) is 64.2 Å². The summed E-state index contributed by atoms with van der Waals surface area (Å²) in [6.07, 6.45) is 1.15. The third-order valence-corrected chi connectivity index (χ3v) is 6.83. The van der Waals surface area contributed by atoms with Gasteiger partial charge in [-0.2, -0.15) is 0 Å². The number of allylic oxidation sites excluding steroid dienone is 2. The highest BCUT2D eigenvalue weighted by atomic mass is 35.5. The molecular weight excluding hydrogens is 438 g/mol.